The van der Waals surface area contributed by atoms with Gasteiger partial charge in [0.2, 0.25) is 0 Å². The van der Waals surface area contributed by atoms with Gasteiger partial charge in [0.1, 0.15) is 5.75 Å². The first-order valence-electron chi connectivity index (χ1n) is 9.82. The third kappa shape index (κ3) is 6.50. The van der Waals surface area contributed by atoms with Crippen molar-refractivity contribution in [1.29, 1.82) is 0 Å². The molecule has 0 spiro atoms. The third-order valence-electron chi connectivity index (χ3n) is 4.50. The number of amides is 3. The number of hydrogen-bond donors (Lipinski definition) is 3. The number of nitrogens with zero attached hydrogens (tertiary/aromatic N) is 1. The lowest BCUT2D eigenvalue weighted by atomic mass is 10.1. The van der Waals surface area contributed by atoms with Crippen molar-refractivity contribution in [2.24, 2.45) is 5.10 Å². The Bertz CT molecular complexity index is 1210. The number of aryl methyl sites for hydroxylation is 1. The summed E-state index contributed by atoms with van der Waals surface area (Å²) < 4.78 is 6.03. The maximum Gasteiger partial charge on any atom is 0.329 e. The van der Waals surface area contributed by atoms with Crippen molar-refractivity contribution in [3.05, 3.63) is 87.9 Å². The van der Waals surface area contributed by atoms with Crippen molar-refractivity contribution in [3.63, 3.8) is 0 Å². The van der Waals surface area contributed by atoms with Crippen molar-refractivity contribution < 1.29 is 19.1 Å². The number of methoxy groups -OCH3 is 1. The zero-order valence-corrected chi connectivity index (χ0v) is 19.5. The first kappa shape index (κ1) is 23.7. The van der Waals surface area contributed by atoms with Crippen LogP contribution in [0.5, 0.6) is 5.75 Å². The van der Waals surface area contributed by atoms with Crippen LogP contribution in [-0.4, -0.2) is 31.0 Å². The minimum Gasteiger partial charge on any atom is -0.496 e. The summed E-state index contributed by atoms with van der Waals surface area (Å²) in [6, 6.07) is 19.0. The monoisotopic (exact) mass is 508 g/mol. The van der Waals surface area contributed by atoms with Crippen LogP contribution in [0.1, 0.15) is 21.5 Å². The molecule has 0 unspecified atom stereocenters. The topological polar surface area (TPSA) is 109 Å². The molecule has 8 nitrogen and oxygen atoms in total. The Labute approximate surface area is 199 Å². The van der Waals surface area contributed by atoms with Crippen molar-refractivity contribution in [2.75, 3.05) is 17.7 Å². The van der Waals surface area contributed by atoms with E-state index in [4.69, 9.17) is 4.74 Å². The lowest BCUT2D eigenvalue weighted by Crippen LogP contribution is -2.33. The molecule has 0 saturated heterocycles. The minimum absolute atomic E-state index is 0.194. The maximum absolute atomic E-state index is 12.7. The summed E-state index contributed by atoms with van der Waals surface area (Å²) >= 11 is 3.35. The Hall–Kier alpha value is -3.98. The van der Waals surface area contributed by atoms with E-state index in [9.17, 15) is 14.4 Å². The number of carbonyl (C=O) groups is 3. The molecular weight excluding hydrogens is 488 g/mol. The largest absolute Gasteiger partial charge is 0.496 e. The molecule has 0 aliphatic heterocycles. The number of ether oxygens (including phenoxy) is 1. The summed E-state index contributed by atoms with van der Waals surface area (Å²) in [6.07, 6.45) is 1.36. The van der Waals surface area contributed by atoms with Gasteiger partial charge >= 0.3 is 11.8 Å². The number of anilines is 2. The van der Waals surface area contributed by atoms with Crippen molar-refractivity contribution >= 4 is 51.2 Å². The molecule has 168 valence electrons. The summed E-state index contributed by atoms with van der Waals surface area (Å²) in [6.45, 7) is 1.95. The highest BCUT2D eigenvalue weighted by molar-refractivity contribution is 9.10. The van der Waals surface area contributed by atoms with Gasteiger partial charge in [-0.05, 0) is 49.4 Å². The van der Waals surface area contributed by atoms with Gasteiger partial charge in [0.25, 0.3) is 5.91 Å². The minimum atomic E-state index is -0.992. The predicted octanol–water partition coefficient (Wildman–Crippen LogP) is 4.11. The summed E-state index contributed by atoms with van der Waals surface area (Å²) in [4.78, 5) is 37.2. The van der Waals surface area contributed by atoms with Gasteiger partial charge in [0.05, 0.1) is 24.6 Å². The quantitative estimate of drug-likeness (QED) is 0.264. The lowest BCUT2D eigenvalue weighted by Gasteiger charge is -2.11. The molecule has 0 aromatic heterocycles. The van der Waals surface area contributed by atoms with Crippen LogP contribution < -0.4 is 20.8 Å². The molecule has 0 aliphatic rings. The first-order chi connectivity index (χ1) is 15.9. The molecule has 0 bridgehead atoms. The molecule has 0 fully saturated rings. The Balaban J connectivity index is 1.65. The molecular formula is C24H21BrN4O4. The number of rotatable bonds is 6. The fourth-order valence-corrected chi connectivity index (χ4v) is 3.20. The van der Waals surface area contributed by atoms with Gasteiger partial charge in [-0.3, -0.25) is 14.4 Å². The van der Waals surface area contributed by atoms with Gasteiger partial charge in [-0.2, -0.15) is 5.10 Å². The zero-order valence-electron chi connectivity index (χ0n) is 17.9. The van der Waals surface area contributed by atoms with E-state index in [1.165, 1.54) is 19.4 Å². The zero-order chi connectivity index (χ0) is 23.8. The van der Waals surface area contributed by atoms with Crippen LogP contribution in [0.4, 0.5) is 11.4 Å². The fraction of sp³-hybridized carbons (Fsp3) is 0.0833. The first-order valence-corrected chi connectivity index (χ1v) is 10.6. The van der Waals surface area contributed by atoms with Gasteiger partial charge in [0.15, 0.2) is 0 Å². The predicted molar refractivity (Wildman–Crippen MR) is 131 cm³/mol. The molecule has 3 aromatic rings. The number of benzene rings is 3. The Morgan fingerprint density at radius 3 is 2.39 bits per heavy atom. The van der Waals surface area contributed by atoms with Crippen LogP contribution in [0.15, 0.2) is 76.3 Å². The number of nitrogens with one attached hydrogen (secondary N) is 3. The normalized spacial score (nSPS) is 10.5. The van der Waals surface area contributed by atoms with Gasteiger partial charge in [0, 0.05) is 15.7 Å². The van der Waals surface area contributed by atoms with Crippen LogP contribution in [0.3, 0.4) is 0 Å². The van der Waals surface area contributed by atoms with Gasteiger partial charge < -0.3 is 15.4 Å². The van der Waals surface area contributed by atoms with Crippen molar-refractivity contribution in [2.45, 2.75) is 6.92 Å². The summed E-state index contributed by atoms with van der Waals surface area (Å²) in [5.74, 6) is -1.83. The Morgan fingerprint density at radius 2 is 1.67 bits per heavy atom. The highest BCUT2D eigenvalue weighted by atomic mass is 79.9. The molecule has 3 N–H and O–H groups in total. The molecule has 9 heteroatoms. The van der Waals surface area contributed by atoms with E-state index in [1.807, 2.05) is 19.1 Å². The second kappa shape index (κ2) is 11.1. The highest BCUT2D eigenvalue weighted by Crippen LogP contribution is 2.21. The molecule has 3 rings (SSSR count). The van der Waals surface area contributed by atoms with Gasteiger partial charge in [-0.25, -0.2) is 5.43 Å². The molecule has 0 saturated carbocycles. The molecule has 3 amide bonds. The van der Waals surface area contributed by atoms with E-state index in [2.05, 4.69) is 37.1 Å². The van der Waals surface area contributed by atoms with E-state index in [1.54, 1.807) is 48.5 Å². The van der Waals surface area contributed by atoms with E-state index in [0.29, 0.717) is 17.0 Å². The van der Waals surface area contributed by atoms with Crippen LogP contribution >= 0.6 is 15.9 Å². The van der Waals surface area contributed by atoms with Gasteiger partial charge in [-0.1, -0.05) is 45.8 Å². The van der Waals surface area contributed by atoms with E-state index < -0.39 is 17.7 Å². The molecule has 0 heterocycles. The Kier molecular flexibility index (Phi) is 7.93. The van der Waals surface area contributed by atoms with Crippen LogP contribution in [-0.2, 0) is 9.59 Å². The van der Waals surface area contributed by atoms with Gasteiger partial charge in [-0.15, -0.1) is 0 Å². The second-order valence-electron chi connectivity index (χ2n) is 6.91. The molecule has 0 atom stereocenters. The van der Waals surface area contributed by atoms with E-state index >= 15 is 0 Å². The highest BCUT2D eigenvalue weighted by Gasteiger charge is 2.18. The summed E-state index contributed by atoms with van der Waals surface area (Å²) in [5, 5.41) is 9.02. The number of hydrogen-bond acceptors (Lipinski definition) is 5. The van der Waals surface area contributed by atoms with Crippen LogP contribution in [0.2, 0.25) is 0 Å². The number of para-hydroxylation sites is 1. The standard InChI is InChI=1S/C24H21BrN4O4/c1-15-7-10-18(11-8-15)27-22(30)19-5-3-4-6-20(19)28-23(31)24(32)29-26-14-16-13-17(25)9-12-21(16)33-2/h3-14H,1-2H3,(H,27,30)(H,28,31)(H,29,32)/b26-14+. The SMILES string of the molecule is COc1ccc(Br)cc1/C=N/NC(=O)C(=O)Nc1ccccc1C(=O)Nc1ccc(C)cc1. The average Bonchev–Trinajstić information content (AvgIpc) is 2.81. The lowest BCUT2D eigenvalue weighted by molar-refractivity contribution is -0.136. The van der Waals surface area contributed by atoms with E-state index in [-0.39, 0.29) is 11.3 Å². The molecule has 3 aromatic carbocycles. The number of carbonyl (C=O) groups excluding carboxylic acids is 3. The maximum atomic E-state index is 12.7. The van der Waals surface area contributed by atoms with Crippen LogP contribution in [0, 0.1) is 6.92 Å². The third-order valence-corrected chi connectivity index (χ3v) is 4.99. The van der Waals surface area contributed by atoms with E-state index in [0.717, 1.165) is 10.0 Å². The van der Waals surface area contributed by atoms with Crippen LogP contribution in [0.25, 0.3) is 0 Å². The fourth-order valence-electron chi connectivity index (χ4n) is 2.82. The molecule has 0 radical (unpaired) electrons. The van der Waals surface area contributed by atoms with Crippen molar-refractivity contribution in [3.8, 4) is 5.75 Å². The summed E-state index contributed by atoms with van der Waals surface area (Å²) in [7, 11) is 1.51. The van der Waals surface area contributed by atoms with Crippen molar-refractivity contribution in [1.82, 2.24) is 5.43 Å². The molecule has 33 heavy (non-hydrogen) atoms. The summed E-state index contributed by atoms with van der Waals surface area (Å²) in [5.41, 5.74) is 4.84. The smallest absolute Gasteiger partial charge is 0.329 e. The number of halogens is 1. The second-order valence-corrected chi connectivity index (χ2v) is 7.82. The Morgan fingerprint density at radius 1 is 0.939 bits per heavy atom. The number of hydrazone groups is 1. The average molecular weight is 509 g/mol. The molecule has 0 aliphatic carbocycles.